The average Bonchev–Trinajstić information content (AvgIpc) is 3.25. The van der Waals surface area contributed by atoms with Crippen molar-refractivity contribution < 1.29 is 29.3 Å². The molecule has 43 heavy (non-hydrogen) atoms. The first-order valence-electron chi connectivity index (χ1n) is 14.5. The van der Waals surface area contributed by atoms with Crippen LogP contribution >= 0.6 is 22.6 Å². The largest absolute Gasteiger partial charge is 0.480 e. The van der Waals surface area contributed by atoms with Crippen molar-refractivity contribution in [3.8, 4) is 11.1 Å². The highest BCUT2D eigenvalue weighted by Gasteiger charge is 2.34. The summed E-state index contributed by atoms with van der Waals surface area (Å²) in [6.07, 6.45) is 0.876. The monoisotopic (exact) mass is 704 g/mol. The van der Waals surface area contributed by atoms with Gasteiger partial charge < -0.3 is 25.3 Å². The van der Waals surface area contributed by atoms with Gasteiger partial charge in [0.2, 0.25) is 5.91 Å². The van der Waals surface area contributed by atoms with E-state index < -0.39 is 35.7 Å². The van der Waals surface area contributed by atoms with E-state index in [0.29, 0.717) is 31.4 Å². The number of aromatic nitrogens is 1. The van der Waals surface area contributed by atoms with Crippen LogP contribution in [-0.2, 0) is 20.7 Å². The zero-order chi connectivity index (χ0) is 31.5. The number of carbonyl (C=O) groups is 3. The summed E-state index contributed by atoms with van der Waals surface area (Å²) in [4.78, 5) is 41.6. The molecule has 1 aromatic heterocycles. The number of nitrogens with zero attached hydrogens (tertiary/aromatic N) is 1. The molecule has 0 spiro atoms. The number of aliphatic hydroxyl groups is 1. The normalized spacial score (nSPS) is 16.6. The predicted octanol–water partition coefficient (Wildman–Crippen LogP) is 5.54. The highest BCUT2D eigenvalue weighted by molar-refractivity contribution is 14.1. The van der Waals surface area contributed by atoms with Crippen molar-refractivity contribution in [3.63, 3.8) is 0 Å². The molecule has 2 atom stereocenters. The summed E-state index contributed by atoms with van der Waals surface area (Å²) in [5.74, 6) is -1.51. The lowest BCUT2D eigenvalue weighted by Gasteiger charge is -2.34. The fraction of sp³-hybridized carbons (Fsp3) is 0.469. The number of ether oxygens (including phenoxy) is 1. The topological polar surface area (TPSA) is 144 Å². The van der Waals surface area contributed by atoms with Gasteiger partial charge in [0.25, 0.3) is 0 Å². The number of hydrogen-bond acceptors (Lipinski definition) is 6. The maximum absolute atomic E-state index is 13.4. The second-order valence-corrected chi connectivity index (χ2v) is 14.0. The summed E-state index contributed by atoms with van der Waals surface area (Å²) in [5, 5.41) is 24.6. The third kappa shape index (κ3) is 8.27. The Morgan fingerprint density at radius 1 is 1.12 bits per heavy atom. The van der Waals surface area contributed by atoms with Crippen molar-refractivity contribution in [2.24, 2.45) is 5.41 Å². The second-order valence-electron chi connectivity index (χ2n) is 12.9. The van der Waals surface area contributed by atoms with Gasteiger partial charge in [-0.3, -0.25) is 9.80 Å². The number of aliphatic carboxylic acids is 1. The van der Waals surface area contributed by atoms with E-state index in [-0.39, 0.29) is 18.4 Å². The number of fused-ring (bicyclic) bond motifs is 1. The molecule has 1 fully saturated rings. The van der Waals surface area contributed by atoms with Crippen molar-refractivity contribution in [1.29, 1.82) is 0 Å². The first-order chi connectivity index (χ1) is 20.2. The highest BCUT2D eigenvalue weighted by atomic mass is 127. The SMILES string of the molecule is CC(C)(CO)Cc1c(I)[nH]c2ccc(-c3cccc(C(CC(=O)N4NCCC[C@H]4C(=O)O)NC(=O)OC(C)(C)C)c3)cc12. The van der Waals surface area contributed by atoms with Crippen LogP contribution in [0.5, 0.6) is 0 Å². The average molecular weight is 705 g/mol. The van der Waals surface area contributed by atoms with Gasteiger partial charge in [0, 0.05) is 24.1 Å². The van der Waals surface area contributed by atoms with Crippen LogP contribution in [0.2, 0.25) is 0 Å². The van der Waals surface area contributed by atoms with E-state index in [2.05, 4.69) is 44.4 Å². The van der Waals surface area contributed by atoms with Gasteiger partial charge in [0.15, 0.2) is 0 Å². The molecule has 0 saturated carbocycles. The van der Waals surface area contributed by atoms with E-state index >= 15 is 0 Å². The Labute approximate surface area is 265 Å². The number of halogens is 1. The Kier molecular flexibility index (Phi) is 10.1. The number of aromatic amines is 1. The number of carbonyl (C=O) groups excluding carboxylic acids is 2. The summed E-state index contributed by atoms with van der Waals surface area (Å²) in [7, 11) is 0. The molecule has 5 N–H and O–H groups in total. The lowest BCUT2D eigenvalue weighted by Crippen LogP contribution is -2.56. The van der Waals surface area contributed by atoms with Crippen LogP contribution < -0.4 is 10.7 Å². The fourth-order valence-electron chi connectivity index (χ4n) is 5.24. The standard InChI is InChI=1S/C32H41IN4O6/c1-31(2,3)43-30(42)36-25(16-27(39)37-26(29(40)41)10-7-13-34-37)21-9-6-8-19(14-21)20-11-12-24-22(15-20)23(28(33)35-24)17-32(4,5)18-38/h6,8-9,11-12,14-15,25-26,34-35,38H,7,10,13,16-18H2,1-5H3,(H,36,42)(H,40,41)/t25?,26-/m0/s1. The van der Waals surface area contributed by atoms with Crippen molar-refractivity contribution in [2.45, 2.75) is 78.0 Å². The van der Waals surface area contributed by atoms with Crippen LogP contribution in [0.25, 0.3) is 22.0 Å². The van der Waals surface area contributed by atoms with Gasteiger partial charge >= 0.3 is 12.1 Å². The zero-order valence-corrected chi connectivity index (χ0v) is 27.4. The minimum absolute atomic E-state index is 0.0718. The number of amides is 2. The smallest absolute Gasteiger partial charge is 0.408 e. The highest BCUT2D eigenvalue weighted by Crippen LogP contribution is 2.34. The van der Waals surface area contributed by atoms with Crippen molar-refractivity contribution in [3.05, 3.63) is 57.3 Å². The molecule has 2 heterocycles. The van der Waals surface area contributed by atoms with Crippen LogP contribution in [0.4, 0.5) is 4.79 Å². The van der Waals surface area contributed by atoms with Crippen LogP contribution in [-0.4, -0.2) is 63.0 Å². The van der Waals surface area contributed by atoms with E-state index in [1.54, 1.807) is 20.8 Å². The van der Waals surface area contributed by atoms with Gasteiger partial charge in [-0.15, -0.1) is 0 Å². The molecular weight excluding hydrogens is 663 g/mol. The Morgan fingerprint density at radius 2 is 1.84 bits per heavy atom. The van der Waals surface area contributed by atoms with Crippen LogP contribution in [0.3, 0.4) is 0 Å². The summed E-state index contributed by atoms with van der Waals surface area (Å²) < 4.78 is 6.53. The van der Waals surface area contributed by atoms with Crippen molar-refractivity contribution >= 4 is 51.5 Å². The van der Waals surface area contributed by atoms with E-state index in [4.69, 9.17) is 4.74 Å². The molecule has 4 rings (SSSR count). The van der Waals surface area contributed by atoms with Crippen LogP contribution in [0.1, 0.15) is 71.0 Å². The second kappa shape index (κ2) is 13.2. The summed E-state index contributed by atoms with van der Waals surface area (Å²) >= 11 is 2.30. The van der Waals surface area contributed by atoms with Gasteiger partial charge in [0.05, 0.1) is 16.2 Å². The fourth-order valence-corrected chi connectivity index (χ4v) is 6.01. The van der Waals surface area contributed by atoms with Crippen molar-refractivity contribution in [2.75, 3.05) is 13.2 Å². The molecule has 0 bridgehead atoms. The van der Waals surface area contributed by atoms with Gasteiger partial charge in [-0.2, -0.15) is 0 Å². The molecule has 2 amide bonds. The number of aliphatic hydroxyl groups excluding tert-OH is 1. The number of hydrogen-bond donors (Lipinski definition) is 5. The van der Waals surface area contributed by atoms with E-state index in [0.717, 1.165) is 31.3 Å². The minimum atomic E-state index is -1.07. The van der Waals surface area contributed by atoms with E-state index in [9.17, 15) is 24.6 Å². The molecule has 1 unspecified atom stereocenters. The van der Waals surface area contributed by atoms with Gasteiger partial charge in [-0.25, -0.2) is 15.0 Å². The molecule has 1 aliphatic heterocycles. The Balaban J connectivity index is 1.68. The van der Waals surface area contributed by atoms with Crippen LogP contribution in [0, 0.1) is 9.12 Å². The van der Waals surface area contributed by atoms with Gasteiger partial charge in [-0.1, -0.05) is 38.1 Å². The Bertz CT molecular complexity index is 1490. The third-order valence-corrected chi connectivity index (χ3v) is 8.35. The number of rotatable bonds is 9. The number of benzene rings is 2. The molecule has 0 aliphatic carbocycles. The molecule has 0 radical (unpaired) electrons. The molecule has 232 valence electrons. The number of hydrazine groups is 1. The van der Waals surface area contributed by atoms with E-state index in [1.165, 1.54) is 5.01 Å². The van der Waals surface area contributed by atoms with Gasteiger partial charge in [0.1, 0.15) is 11.6 Å². The lowest BCUT2D eigenvalue weighted by atomic mass is 9.86. The zero-order valence-electron chi connectivity index (χ0n) is 25.3. The molecule has 1 saturated heterocycles. The first-order valence-corrected chi connectivity index (χ1v) is 15.5. The molecule has 1 aliphatic rings. The molecule has 11 heteroatoms. The number of alkyl carbamates (subject to hydrolysis) is 1. The molecular formula is C32H41IN4O6. The first kappa shape index (κ1) is 32.7. The molecule has 3 aromatic rings. The lowest BCUT2D eigenvalue weighted by molar-refractivity contribution is -0.155. The molecule has 10 nitrogen and oxygen atoms in total. The minimum Gasteiger partial charge on any atom is -0.480 e. The third-order valence-electron chi connectivity index (χ3n) is 7.43. The predicted molar refractivity (Wildman–Crippen MR) is 173 cm³/mol. The summed E-state index contributed by atoms with van der Waals surface area (Å²) in [6.45, 7) is 9.92. The quantitative estimate of drug-likeness (QED) is 0.184. The summed E-state index contributed by atoms with van der Waals surface area (Å²) in [5.41, 5.74) is 6.59. The number of nitrogens with one attached hydrogen (secondary N) is 3. The van der Waals surface area contributed by atoms with E-state index in [1.807, 2.05) is 50.2 Å². The maximum atomic E-state index is 13.4. The van der Waals surface area contributed by atoms with Crippen LogP contribution in [0.15, 0.2) is 42.5 Å². The molecule has 2 aromatic carbocycles. The van der Waals surface area contributed by atoms with Crippen molar-refractivity contribution in [1.82, 2.24) is 20.7 Å². The Hall–Kier alpha value is -3.16. The summed E-state index contributed by atoms with van der Waals surface area (Å²) in [6, 6.07) is 12.0. The van der Waals surface area contributed by atoms with Gasteiger partial charge in [-0.05, 0) is 108 Å². The number of carboxylic acids is 1. The maximum Gasteiger partial charge on any atom is 0.408 e. The number of H-pyrrole nitrogens is 1. The Morgan fingerprint density at radius 3 is 2.51 bits per heavy atom. The number of carboxylic acid groups (broad SMARTS) is 1.